The van der Waals surface area contributed by atoms with Crippen molar-refractivity contribution in [2.45, 2.75) is 13.0 Å². The van der Waals surface area contributed by atoms with Crippen molar-refractivity contribution < 1.29 is 23.8 Å². The van der Waals surface area contributed by atoms with Crippen LogP contribution in [0.2, 0.25) is 10.0 Å². The van der Waals surface area contributed by atoms with Gasteiger partial charge in [-0.15, -0.1) is 0 Å². The van der Waals surface area contributed by atoms with Crippen molar-refractivity contribution in [3.8, 4) is 17.2 Å². The predicted octanol–water partition coefficient (Wildman–Crippen LogP) is 5.14. The molecule has 0 bridgehead atoms. The smallest absolute Gasteiger partial charge is 0.343 e. The molecule has 9 heteroatoms. The molecule has 1 atom stereocenters. The molecule has 0 radical (unpaired) electrons. The number of hydrogen-bond donors (Lipinski definition) is 1. The molecular formula is C24H20Cl2N2O5. The maximum absolute atomic E-state index is 12.3. The van der Waals surface area contributed by atoms with Gasteiger partial charge in [-0.25, -0.2) is 10.2 Å². The van der Waals surface area contributed by atoms with Crippen LogP contribution in [0.25, 0.3) is 0 Å². The Morgan fingerprint density at radius 2 is 1.76 bits per heavy atom. The summed E-state index contributed by atoms with van der Waals surface area (Å²) in [6.07, 6.45) is 0.572. The van der Waals surface area contributed by atoms with Crippen LogP contribution in [-0.2, 0) is 4.79 Å². The third kappa shape index (κ3) is 6.97. The summed E-state index contributed by atoms with van der Waals surface area (Å²) in [5.74, 6) is 0.327. The van der Waals surface area contributed by atoms with E-state index in [1.807, 2.05) is 0 Å². The zero-order valence-electron chi connectivity index (χ0n) is 17.7. The molecular weight excluding hydrogens is 467 g/mol. The van der Waals surface area contributed by atoms with Gasteiger partial charge in [-0.3, -0.25) is 4.79 Å². The second-order valence-electron chi connectivity index (χ2n) is 6.76. The Hall–Kier alpha value is -3.55. The topological polar surface area (TPSA) is 86.2 Å². The Kier molecular flexibility index (Phi) is 8.29. The van der Waals surface area contributed by atoms with Crippen molar-refractivity contribution in [1.29, 1.82) is 0 Å². The third-order valence-corrected chi connectivity index (χ3v) is 4.88. The van der Waals surface area contributed by atoms with E-state index in [1.165, 1.54) is 12.3 Å². The summed E-state index contributed by atoms with van der Waals surface area (Å²) in [6, 6.07) is 18.0. The molecule has 0 heterocycles. The Bertz CT molecular complexity index is 1170. The average molecular weight is 487 g/mol. The number of ether oxygens (including phenoxy) is 3. The van der Waals surface area contributed by atoms with Crippen LogP contribution in [0.4, 0.5) is 0 Å². The van der Waals surface area contributed by atoms with Crippen LogP contribution in [0.3, 0.4) is 0 Å². The minimum Gasteiger partial charge on any atom is -0.497 e. The Balaban J connectivity index is 1.56. The van der Waals surface area contributed by atoms with Crippen molar-refractivity contribution in [2.75, 3.05) is 7.11 Å². The zero-order valence-corrected chi connectivity index (χ0v) is 19.3. The number of esters is 1. The number of benzene rings is 3. The molecule has 1 amide bonds. The number of hydrazone groups is 1. The predicted molar refractivity (Wildman–Crippen MR) is 127 cm³/mol. The van der Waals surface area contributed by atoms with Crippen molar-refractivity contribution in [3.63, 3.8) is 0 Å². The normalized spacial score (nSPS) is 11.6. The van der Waals surface area contributed by atoms with E-state index in [-0.39, 0.29) is 0 Å². The fourth-order valence-electron chi connectivity index (χ4n) is 2.63. The van der Waals surface area contributed by atoms with Gasteiger partial charge < -0.3 is 14.2 Å². The quantitative estimate of drug-likeness (QED) is 0.206. The second-order valence-corrected chi connectivity index (χ2v) is 7.60. The van der Waals surface area contributed by atoms with Crippen LogP contribution >= 0.6 is 23.2 Å². The van der Waals surface area contributed by atoms with Crippen molar-refractivity contribution in [1.82, 2.24) is 5.43 Å². The Morgan fingerprint density at radius 3 is 2.45 bits per heavy atom. The van der Waals surface area contributed by atoms with E-state index in [1.54, 1.807) is 74.7 Å². The fraction of sp³-hybridized carbons (Fsp3) is 0.125. The van der Waals surface area contributed by atoms with Gasteiger partial charge in [0, 0.05) is 5.02 Å². The second kappa shape index (κ2) is 11.4. The Labute approximate surface area is 200 Å². The lowest BCUT2D eigenvalue weighted by molar-refractivity contribution is -0.127. The van der Waals surface area contributed by atoms with Crippen molar-refractivity contribution >= 4 is 41.3 Å². The molecule has 0 aromatic heterocycles. The largest absolute Gasteiger partial charge is 0.497 e. The monoisotopic (exact) mass is 486 g/mol. The van der Waals surface area contributed by atoms with E-state index in [0.717, 1.165) is 0 Å². The van der Waals surface area contributed by atoms with Crippen LogP contribution in [-0.4, -0.2) is 31.3 Å². The number of halogens is 2. The molecule has 0 fully saturated rings. The molecule has 3 aromatic rings. The van der Waals surface area contributed by atoms with Crippen LogP contribution in [0, 0.1) is 0 Å². The first-order chi connectivity index (χ1) is 15.9. The summed E-state index contributed by atoms with van der Waals surface area (Å²) in [7, 11) is 1.55. The lowest BCUT2D eigenvalue weighted by atomic mass is 10.2. The van der Waals surface area contributed by atoms with Gasteiger partial charge in [-0.05, 0) is 67.1 Å². The standard InChI is InChI=1S/C24H20Cl2N2O5/c1-15(32-22-11-8-18(25)13-21(22)26)23(29)28-27-14-16-4-3-5-20(12-16)33-24(30)17-6-9-19(31-2)10-7-17/h3-15H,1-2H3,(H,28,29)/b27-14+. The van der Waals surface area contributed by atoms with Gasteiger partial charge in [0.05, 0.1) is 23.9 Å². The SMILES string of the molecule is COc1ccc(C(=O)Oc2cccc(/C=N/NC(=O)C(C)Oc3ccc(Cl)cc3Cl)c2)cc1. The van der Waals surface area contributed by atoms with Crippen LogP contribution in [0.5, 0.6) is 17.2 Å². The molecule has 1 unspecified atom stereocenters. The number of rotatable bonds is 8. The highest BCUT2D eigenvalue weighted by Gasteiger charge is 2.16. The summed E-state index contributed by atoms with van der Waals surface area (Å²) in [4.78, 5) is 24.5. The van der Waals surface area contributed by atoms with E-state index in [0.29, 0.717) is 38.4 Å². The van der Waals surface area contributed by atoms with Gasteiger partial charge >= 0.3 is 5.97 Å². The summed E-state index contributed by atoms with van der Waals surface area (Å²) < 4.78 is 16.0. The van der Waals surface area contributed by atoms with Crippen LogP contribution in [0.15, 0.2) is 71.8 Å². The molecule has 3 rings (SSSR count). The van der Waals surface area contributed by atoms with Gasteiger partial charge in [0.2, 0.25) is 0 Å². The number of amides is 1. The zero-order chi connectivity index (χ0) is 23.8. The third-order valence-electron chi connectivity index (χ3n) is 4.35. The van der Waals surface area contributed by atoms with Gasteiger partial charge in [0.25, 0.3) is 5.91 Å². The lowest BCUT2D eigenvalue weighted by Crippen LogP contribution is -2.33. The fourth-order valence-corrected chi connectivity index (χ4v) is 3.08. The van der Waals surface area contributed by atoms with Gasteiger partial charge in [-0.2, -0.15) is 5.10 Å². The lowest BCUT2D eigenvalue weighted by Gasteiger charge is -2.14. The van der Waals surface area contributed by atoms with Gasteiger partial charge in [0.1, 0.15) is 17.2 Å². The average Bonchev–Trinajstić information content (AvgIpc) is 2.81. The van der Waals surface area contributed by atoms with Crippen LogP contribution in [0.1, 0.15) is 22.8 Å². The van der Waals surface area contributed by atoms with E-state index in [9.17, 15) is 9.59 Å². The molecule has 1 N–H and O–H groups in total. The molecule has 0 aliphatic carbocycles. The van der Waals surface area contributed by atoms with Gasteiger partial charge in [0.15, 0.2) is 6.10 Å². The Morgan fingerprint density at radius 1 is 1.00 bits per heavy atom. The maximum atomic E-state index is 12.3. The number of nitrogens with one attached hydrogen (secondary N) is 1. The van der Waals surface area contributed by atoms with E-state index in [4.69, 9.17) is 37.4 Å². The van der Waals surface area contributed by atoms with Crippen LogP contribution < -0.4 is 19.6 Å². The van der Waals surface area contributed by atoms with E-state index >= 15 is 0 Å². The summed E-state index contributed by atoms with van der Waals surface area (Å²) in [5.41, 5.74) is 3.40. The highest BCUT2D eigenvalue weighted by molar-refractivity contribution is 6.35. The molecule has 0 aliphatic heterocycles. The number of carbonyl (C=O) groups excluding carboxylic acids is 2. The molecule has 0 aliphatic rings. The van der Waals surface area contributed by atoms with E-state index in [2.05, 4.69) is 10.5 Å². The molecule has 0 spiro atoms. The van der Waals surface area contributed by atoms with Crippen molar-refractivity contribution in [2.24, 2.45) is 5.10 Å². The highest BCUT2D eigenvalue weighted by atomic mass is 35.5. The number of methoxy groups -OCH3 is 1. The molecule has 3 aromatic carbocycles. The first-order valence-corrected chi connectivity index (χ1v) is 10.5. The highest BCUT2D eigenvalue weighted by Crippen LogP contribution is 2.28. The number of hydrogen-bond acceptors (Lipinski definition) is 6. The number of carbonyl (C=O) groups is 2. The minimum absolute atomic E-state index is 0.298. The molecule has 33 heavy (non-hydrogen) atoms. The molecule has 0 saturated carbocycles. The minimum atomic E-state index is -0.849. The first kappa shape index (κ1) is 24.1. The molecule has 7 nitrogen and oxygen atoms in total. The number of nitrogens with zero attached hydrogens (tertiary/aromatic N) is 1. The first-order valence-electron chi connectivity index (χ1n) is 9.76. The molecule has 0 saturated heterocycles. The summed E-state index contributed by atoms with van der Waals surface area (Å²) >= 11 is 11.9. The maximum Gasteiger partial charge on any atom is 0.343 e. The molecule has 170 valence electrons. The summed E-state index contributed by atoms with van der Waals surface area (Å²) in [5, 5.41) is 4.69. The van der Waals surface area contributed by atoms with Crippen molar-refractivity contribution in [3.05, 3.63) is 87.9 Å². The van der Waals surface area contributed by atoms with E-state index < -0.39 is 18.0 Å². The van der Waals surface area contributed by atoms with Gasteiger partial charge in [-0.1, -0.05) is 35.3 Å². The summed E-state index contributed by atoms with van der Waals surface area (Å²) in [6.45, 7) is 1.56.